The molecule has 1 aliphatic rings. The minimum atomic E-state index is -0.286. The predicted octanol–water partition coefficient (Wildman–Crippen LogP) is 4.75. The van der Waals surface area contributed by atoms with Crippen molar-refractivity contribution >= 4 is 5.78 Å². The van der Waals surface area contributed by atoms with E-state index in [0.29, 0.717) is 0 Å². The summed E-state index contributed by atoms with van der Waals surface area (Å²) in [6, 6.07) is 6.11. The summed E-state index contributed by atoms with van der Waals surface area (Å²) in [5.41, 5.74) is 2.29. The van der Waals surface area contributed by atoms with E-state index in [2.05, 4.69) is 40.7 Å². The van der Waals surface area contributed by atoms with Crippen LogP contribution >= 0.6 is 0 Å². The van der Waals surface area contributed by atoms with E-state index in [0.717, 1.165) is 24.2 Å². The van der Waals surface area contributed by atoms with E-state index in [4.69, 9.17) is 4.74 Å². The van der Waals surface area contributed by atoms with Gasteiger partial charge >= 0.3 is 0 Å². The molecule has 0 N–H and O–H groups in total. The zero-order valence-corrected chi connectivity index (χ0v) is 13.5. The first-order valence-electron chi connectivity index (χ1n) is 7.49. The average molecular weight is 274 g/mol. The molecule has 0 saturated carbocycles. The van der Waals surface area contributed by atoms with Crippen molar-refractivity contribution in [2.45, 2.75) is 65.9 Å². The van der Waals surface area contributed by atoms with Crippen LogP contribution in [0.1, 0.15) is 70.3 Å². The number of ether oxygens (including phenoxy) is 1. The Morgan fingerprint density at radius 2 is 1.80 bits per heavy atom. The zero-order chi connectivity index (χ0) is 15.1. The molecule has 1 heterocycles. The minimum Gasteiger partial charge on any atom is -0.482 e. The van der Waals surface area contributed by atoms with E-state index in [-0.39, 0.29) is 22.7 Å². The van der Waals surface area contributed by atoms with E-state index in [9.17, 15) is 4.79 Å². The van der Waals surface area contributed by atoms with Crippen molar-refractivity contribution in [3.63, 3.8) is 0 Å². The molecule has 0 fully saturated rings. The van der Waals surface area contributed by atoms with E-state index < -0.39 is 0 Å². The molecule has 1 aliphatic heterocycles. The molecule has 0 spiro atoms. The number of benzene rings is 1. The van der Waals surface area contributed by atoms with Gasteiger partial charge in [-0.05, 0) is 41.4 Å². The Morgan fingerprint density at radius 3 is 2.35 bits per heavy atom. The number of ketones is 1. The zero-order valence-electron chi connectivity index (χ0n) is 13.5. The number of Topliss-reactive ketones (excluding diaryl/α,β-unsaturated/α-hetero) is 1. The van der Waals surface area contributed by atoms with Crippen LogP contribution in [0.15, 0.2) is 18.2 Å². The Labute approximate surface area is 122 Å². The molecule has 1 unspecified atom stereocenters. The molecule has 0 aromatic heterocycles. The Morgan fingerprint density at radius 1 is 1.15 bits per heavy atom. The molecule has 2 rings (SSSR count). The Balaban J connectivity index is 2.34. The highest BCUT2D eigenvalue weighted by Gasteiger charge is 2.34. The van der Waals surface area contributed by atoms with E-state index in [1.165, 1.54) is 5.56 Å². The SMILES string of the molecule is CCC1Oc2ccc(C(C)(C)CC(C)(C)C)cc2C1=O. The smallest absolute Gasteiger partial charge is 0.207 e. The third kappa shape index (κ3) is 2.89. The number of hydrogen-bond donors (Lipinski definition) is 0. The lowest BCUT2D eigenvalue weighted by Gasteiger charge is -2.33. The Kier molecular flexibility index (Phi) is 3.70. The highest BCUT2D eigenvalue weighted by molar-refractivity contribution is 6.04. The van der Waals surface area contributed by atoms with Gasteiger partial charge in [0, 0.05) is 0 Å². The van der Waals surface area contributed by atoms with Gasteiger partial charge in [-0.1, -0.05) is 47.6 Å². The molecular weight excluding hydrogens is 248 g/mol. The third-order valence-corrected chi connectivity index (χ3v) is 3.93. The summed E-state index contributed by atoms with van der Waals surface area (Å²) in [7, 11) is 0. The van der Waals surface area contributed by atoms with Gasteiger partial charge < -0.3 is 4.74 Å². The summed E-state index contributed by atoms with van der Waals surface area (Å²) in [6.07, 6.45) is 1.52. The largest absolute Gasteiger partial charge is 0.482 e. The fourth-order valence-electron chi connectivity index (χ4n) is 3.32. The van der Waals surface area contributed by atoms with Crippen molar-refractivity contribution in [3.8, 4) is 5.75 Å². The van der Waals surface area contributed by atoms with Crippen molar-refractivity contribution in [3.05, 3.63) is 29.3 Å². The lowest BCUT2D eigenvalue weighted by molar-refractivity contribution is 0.0853. The molecule has 0 saturated heterocycles. The highest BCUT2D eigenvalue weighted by atomic mass is 16.5. The van der Waals surface area contributed by atoms with Crippen molar-refractivity contribution in [2.24, 2.45) is 5.41 Å². The number of carbonyl (C=O) groups excluding carboxylic acids is 1. The molecule has 0 bridgehead atoms. The number of fused-ring (bicyclic) bond motifs is 1. The average Bonchev–Trinajstić information content (AvgIpc) is 2.63. The quantitative estimate of drug-likeness (QED) is 0.794. The van der Waals surface area contributed by atoms with Gasteiger partial charge in [0.2, 0.25) is 5.78 Å². The van der Waals surface area contributed by atoms with Gasteiger partial charge in [0.25, 0.3) is 0 Å². The van der Waals surface area contributed by atoms with Gasteiger partial charge in [-0.3, -0.25) is 4.79 Å². The molecule has 0 amide bonds. The first-order valence-corrected chi connectivity index (χ1v) is 7.49. The molecule has 1 aromatic carbocycles. The van der Waals surface area contributed by atoms with Crippen LogP contribution in [0.2, 0.25) is 0 Å². The van der Waals surface area contributed by atoms with Gasteiger partial charge in [0.1, 0.15) is 5.75 Å². The van der Waals surface area contributed by atoms with Crippen LogP contribution in [-0.2, 0) is 5.41 Å². The fourth-order valence-corrected chi connectivity index (χ4v) is 3.32. The lowest BCUT2D eigenvalue weighted by Crippen LogP contribution is -2.25. The molecule has 1 aromatic rings. The molecule has 0 aliphatic carbocycles. The first kappa shape index (κ1) is 15.1. The molecule has 110 valence electrons. The van der Waals surface area contributed by atoms with Crippen LogP contribution < -0.4 is 4.74 Å². The van der Waals surface area contributed by atoms with Gasteiger partial charge in [0.05, 0.1) is 5.56 Å². The van der Waals surface area contributed by atoms with Crippen molar-refractivity contribution in [2.75, 3.05) is 0 Å². The highest BCUT2D eigenvalue weighted by Crippen LogP contribution is 2.39. The summed E-state index contributed by atoms with van der Waals surface area (Å²) in [5.74, 6) is 0.882. The first-order chi connectivity index (χ1) is 9.14. The molecule has 1 atom stereocenters. The normalized spacial score (nSPS) is 18.9. The third-order valence-electron chi connectivity index (χ3n) is 3.93. The van der Waals surface area contributed by atoms with Gasteiger partial charge in [-0.15, -0.1) is 0 Å². The van der Waals surface area contributed by atoms with E-state index in [1.807, 2.05) is 19.1 Å². The van der Waals surface area contributed by atoms with Gasteiger partial charge in [0.15, 0.2) is 6.10 Å². The topological polar surface area (TPSA) is 26.3 Å². The predicted molar refractivity (Wildman–Crippen MR) is 82.6 cm³/mol. The maximum atomic E-state index is 12.3. The number of carbonyl (C=O) groups is 1. The molecule has 0 radical (unpaired) electrons. The monoisotopic (exact) mass is 274 g/mol. The van der Waals surface area contributed by atoms with Gasteiger partial charge in [-0.25, -0.2) is 0 Å². The minimum absolute atomic E-state index is 0.0534. The van der Waals surface area contributed by atoms with Crippen molar-refractivity contribution in [1.82, 2.24) is 0 Å². The van der Waals surface area contributed by atoms with Crippen LogP contribution in [0.25, 0.3) is 0 Å². The second-order valence-corrected chi connectivity index (χ2v) is 7.71. The van der Waals surface area contributed by atoms with Crippen molar-refractivity contribution in [1.29, 1.82) is 0 Å². The van der Waals surface area contributed by atoms with Crippen LogP contribution in [0.3, 0.4) is 0 Å². The lowest BCUT2D eigenvalue weighted by atomic mass is 9.72. The Bertz CT molecular complexity index is 521. The summed E-state index contributed by atoms with van der Waals surface area (Å²) in [5, 5.41) is 0. The van der Waals surface area contributed by atoms with Gasteiger partial charge in [-0.2, -0.15) is 0 Å². The van der Waals surface area contributed by atoms with Crippen LogP contribution in [-0.4, -0.2) is 11.9 Å². The fraction of sp³-hybridized carbons (Fsp3) is 0.611. The number of hydrogen-bond acceptors (Lipinski definition) is 2. The summed E-state index contributed by atoms with van der Waals surface area (Å²) in [4.78, 5) is 12.3. The molecule has 2 heteroatoms. The van der Waals surface area contributed by atoms with Crippen LogP contribution in [0, 0.1) is 5.41 Å². The van der Waals surface area contributed by atoms with Crippen LogP contribution in [0.5, 0.6) is 5.75 Å². The summed E-state index contributed by atoms with van der Waals surface area (Å²) in [6.45, 7) is 13.2. The van der Waals surface area contributed by atoms with Crippen molar-refractivity contribution < 1.29 is 9.53 Å². The second-order valence-electron chi connectivity index (χ2n) is 7.71. The second kappa shape index (κ2) is 4.91. The van der Waals surface area contributed by atoms with E-state index in [1.54, 1.807) is 0 Å². The standard InChI is InChI=1S/C18H26O2/c1-7-14-16(19)13-10-12(8-9-15(13)20-14)18(5,6)11-17(2,3)4/h8-10,14H,7,11H2,1-6H3. The van der Waals surface area contributed by atoms with E-state index >= 15 is 0 Å². The maximum Gasteiger partial charge on any atom is 0.207 e. The molecular formula is C18H26O2. The summed E-state index contributed by atoms with van der Waals surface area (Å²) >= 11 is 0. The Hall–Kier alpha value is -1.31. The van der Waals surface area contributed by atoms with Crippen LogP contribution in [0.4, 0.5) is 0 Å². The number of rotatable bonds is 3. The molecule has 2 nitrogen and oxygen atoms in total. The molecule has 20 heavy (non-hydrogen) atoms. The maximum absolute atomic E-state index is 12.3. The summed E-state index contributed by atoms with van der Waals surface area (Å²) < 4.78 is 5.69.